The lowest BCUT2D eigenvalue weighted by atomic mass is 10.1. The van der Waals surface area contributed by atoms with E-state index in [9.17, 15) is 4.79 Å². The number of nitrogens with one attached hydrogen (secondary N) is 1. The van der Waals surface area contributed by atoms with Crippen molar-refractivity contribution < 1.29 is 14.0 Å². The van der Waals surface area contributed by atoms with Crippen LogP contribution in [0.3, 0.4) is 0 Å². The topological polar surface area (TPSA) is 60.5 Å². The number of ether oxygens (including phenoxy) is 1. The zero-order chi connectivity index (χ0) is 22.5. The molecule has 1 aromatic rings. The molecule has 1 heterocycles. The summed E-state index contributed by atoms with van der Waals surface area (Å²) >= 11 is 11.8. The Bertz CT molecular complexity index is 780. The molecule has 0 saturated heterocycles. The fourth-order valence-electron chi connectivity index (χ4n) is 2.06. The van der Waals surface area contributed by atoms with Crippen LogP contribution in [0.5, 0.6) is 5.75 Å². The second-order valence-corrected chi connectivity index (χ2v) is 14.5. The maximum atomic E-state index is 12.7. The summed E-state index contributed by atoms with van der Waals surface area (Å²) in [4.78, 5) is 16.6. The number of pyridine rings is 1. The van der Waals surface area contributed by atoms with E-state index in [2.05, 4.69) is 56.0 Å². The summed E-state index contributed by atoms with van der Waals surface area (Å²) in [6.07, 6.45) is 1.22. The Hall–Kier alpha value is -1.26. The molecule has 1 rings (SSSR count). The first-order chi connectivity index (χ1) is 13.2. The predicted molar refractivity (Wildman–Crippen MR) is 122 cm³/mol. The molecule has 0 aromatic carbocycles. The number of hydrogen-bond acceptors (Lipinski definition) is 4. The van der Waals surface area contributed by atoms with Gasteiger partial charge in [0.1, 0.15) is 10.9 Å². The van der Waals surface area contributed by atoms with E-state index in [1.807, 2.05) is 20.8 Å². The molecule has 1 amide bonds. The number of carbonyl (C=O) groups excluding carboxylic acids is 1. The molecule has 5 nitrogen and oxygen atoms in total. The first-order valence-corrected chi connectivity index (χ1v) is 13.3. The molecule has 0 spiro atoms. The van der Waals surface area contributed by atoms with Gasteiger partial charge >= 0.3 is 0 Å². The second-order valence-electron chi connectivity index (χ2n) is 8.92. The quantitative estimate of drug-likeness (QED) is 0.334. The van der Waals surface area contributed by atoms with Gasteiger partial charge in [-0.05, 0) is 38.4 Å². The molecule has 162 valence electrons. The molecule has 0 saturated carbocycles. The first kappa shape index (κ1) is 25.8. The molecule has 8 heteroatoms. The highest BCUT2D eigenvalue weighted by molar-refractivity contribution is 6.74. The summed E-state index contributed by atoms with van der Waals surface area (Å²) in [7, 11) is -1.84. The first-order valence-electron chi connectivity index (χ1n) is 9.62. The van der Waals surface area contributed by atoms with Crippen molar-refractivity contribution in [3.8, 4) is 17.6 Å². The van der Waals surface area contributed by atoms with Gasteiger partial charge in [0, 0.05) is 6.07 Å². The van der Waals surface area contributed by atoms with Crippen molar-refractivity contribution in [3.05, 3.63) is 22.4 Å². The van der Waals surface area contributed by atoms with Crippen LogP contribution >= 0.6 is 23.2 Å². The van der Waals surface area contributed by atoms with Crippen LogP contribution in [0.2, 0.25) is 28.3 Å². The Morgan fingerprint density at radius 3 is 2.41 bits per heavy atom. The van der Waals surface area contributed by atoms with Gasteiger partial charge in [0.05, 0.1) is 23.4 Å². The summed E-state index contributed by atoms with van der Waals surface area (Å²) in [6, 6.07) is 1.54. The van der Waals surface area contributed by atoms with Crippen LogP contribution in [0, 0.1) is 11.8 Å². The maximum absolute atomic E-state index is 12.7. The summed E-state index contributed by atoms with van der Waals surface area (Å²) in [5.74, 6) is 6.25. The van der Waals surface area contributed by atoms with Gasteiger partial charge in [-0.3, -0.25) is 4.79 Å². The van der Waals surface area contributed by atoms with E-state index >= 15 is 0 Å². The van der Waals surface area contributed by atoms with Crippen molar-refractivity contribution in [2.45, 2.75) is 77.7 Å². The third-order valence-electron chi connectivity index (χ3n) is 4.86. The van der Waals surface area contributed by atoms with Gasteiger partial charge in [0.25, 0.3) is 5.91 Å². The van der Waals surface area contributed by atoms with Gasteiger partial charge in [-0.15, -0.1) is 0 Å². The third kappa shape index (κ3) is 8.17. The minimum Gasteiger partial charge on any atom is -0.479 e. The Balaban J connectivity index is 2.71. The smallest absolute Gasteiger partial charge is 0.262 e. The molecule has 0 fully saturated rings. The monoisotopic (exact) mass is 458 g/mol. The van der Waals surface area contributed by atoms with Crippen LogP contribution in [0.4, 0.5) is 0 Å². The van der Waals surface area contributed by atoms with Crippen LogP contribution in [0.1, 0.15) is 48.0 Å². The van der Waals surface area contributed by atoms with Gasteiger partial charge < -0.3 is 14.5 Å². The Labute approximate surface area is 186 Å². The van der Waals surface area contributed by atoms with E-state index in [1.54, 1.807) is 0 Å². The van der Waals surface area contributed by atoms with Crippen LogP contribution in [-0.2, 0) is 9.22 Å². The number of halogens is 2. The van der Waals surface area contributed by atoms with Gasteiger partial charge in [0.2, 0.25) is 0 Å². The minimum absolute atomic E-state index is 0.128. The fourth-order valence-corrected chi connectivity index (χ4v) is 3.19. The van der Waals surface area contributed by atoms with E-state index < -0.39 is 20.0 Å². The average molecular weight is 459 g/mol. The van der Waals surface area contributed by atoms with Crippen molar-refractivity contribution in [2.24, 2.45) is 0 Å². The molecule has 0 aliphatic heterocycles. The standard InChI is InChI=1S/C21H32Cl2N2O3Si/c1-9-17(28-15-13-16(22)18(23)24-14-15)19(26)25-21(5,6)11-10-12-27-29(7,8)20(2,3)4/h13-14,17H,9,12H2,1-8H3,(H,25,26). The maximum Gasteiger partial charge on any atom is 0.262 e. The van der Waals surface area contributed by atoms with Crippen molar-refractivity contribution in [3.63, 3.8) is 0 Å². The lowest BCUT2D eigenvalue weighted by Crippen LogP contribution is -2.48. The summed E-state index contributed by atoms with van der Waals surface area (Å²) < 4.78 is 11.8. The van der Waals surface area contributed by atoms with E-state index in [4.69, 9.17) is 32.4 Å². The number of amides is 1. The van der Waals surface area contributed by atoms with Crippen molar-refractivity contribution >= 4 is 37.4 Å². The molecule has 0 aliphatic carbocycles. The Morgan fingerprint density at radius 1 is 1.28 bits per heavy atom. The fraction of sp³-hybridized carbons (Fsp3) is 0.619. The molecule has 1 aromatic heterocycles. The lowest BCUT2D eigenvalue weighted by Gasteiger charge is -2.35. The van der Waals surface area contributed by atoms with Crippen LogP contribution < -0.4 is 10.1 Å². The summed E-state index contributed by atoms with van der Waals surface area (Å²) in [5, 5.41) is 3.51. The zero-order valence-electron chi connectivity index (χ0n) is 18.6. The molecule has 29 heavy (non-hydrogen) atoms. The lowest BCUT2D eigenvalue weighted by molar-refractivity contribution is -0.129. The number of nitrogens with zero attached hydrogens (tertiary/aromatic N) is 1. The molecule has 1 unspecified atom stereocenters. The van der Waals surface area contributed by atoms with Crippen LogP contribution in [0.15, 0.2) is 12.3 Å². The third-order valence-corrected chi connectivity index (χ3v) is 10.0. The van der Waals surface area contributed by atoms with Crippen molar-refractivity contribution in [2.75, 3.05) is 6.61 Å². The van der Waals surface area contributed by atoms with Crippen molar-refractivity contribution in [1.29, 1.82) is 0 Å². The highest BCUT2D eigenvalue weighted by Crippen LogP contribution is 2.36. The number of carbonyl (C=O) groups is 1. The largest absolute Gasteiger partial charge is 0.479 e. The molecule has 1 atom stereocenters. The number of hydrogen-bond donors (Lipinski definition) is 1. The highest BCUT2D eigenvalue weighted by Gasteiger charge is 2.36. The molecule has 0 aliphatic rings. The molecular formula is C21H32Cl2N2O3Si. The Morgan fingerprint density at radius 2 is 1.90 bits per heavy atom. The van der Waals surface area contributed by atoms with E-state index in [0.29, 0.717) is 18.8 Å². The highest BCUT2D eigenvalue weighted by atomic mass is 35.5. The van der Waals surface area contributed by atoms with Crippen molar-refractivity contribution in [1.82, 2.24) is 10.3 Å². The molecule has 1 N–H and O–H groups in total. The van der Waals surface area contributed by atoms with E-state index in [0.717, 1.165) is 0 Å². The average Bonchev–Trinajstić information content (AvgIpc) is 2.58. The number of aromatic nitrogens is 1. The van der Waals surface area contributed by atoms with E-state index in [-0.39, 0.29) is 21.1 Å². The zero-order valence-corrected chi connectivity index (χ0v) is 21.1. The van der Waals surface area contributed by atoms with Gasteiger partial charge in [0.15, 0.2) is 14.4 Å². The number of rotatable bonds is 7. The van der Waals surface area contributed by atoms with Gasteiger partial charge in [-0.25, -0.2) is 4.98 Å². The van der Waals surface area contributed by atoms with Gasteiger partial charge in [-0.2, -0.15) is 0 Å². The van der Waals surface area contributed by atoms with E-state index in [1.165, 1.54) is 12.3 Å². The molecular weight excluding hydrogens is 427 g/mol. The molecule has 0 bridgehead atoms. The predicted octanol–water partition coefficient (Wildman–Crippen LogP) is 5.47. The Kier molecular flexibility index (Phi) is 9.04. The summed E-state index contributed by atoms with van der Waals surface area (Å²) in [6.45, 7) is 16.8. The SMILES string of the molecule is CCC(Oc1cnc(Cl)c(Cl)c1)C(=O)NC(C)(C)C#CCO[Si](C)(C)C(C)(C)C. The normalized spacial score (nSPS) is 13.3. The molecule has 0 radical (unpaired) electrons. The minimum atomic E-state index is -1.84. The van der Waals surface area contributed by atoms with Crippen LogP contribution in [-0.4, -0.2) is 37.5 Å². The van der Waals surface area contributed by atoms with Crippen LogP contribution in [0.25, 0.3) is 0 Å². The second kappa shape index (κ2) is 10.2. The summed E-state index contributed by atoms with van der Waals surface area (Å²) in [5.41, 5.74) is -0.722. The van der Waals surface area contributed by atoms with Gasteiger partial charge in [-0.1, -0.05) is 62.7 Å².